The van der Waals surface area contributed by atoms with Gasteiger partial charge in [-0.3, -0.25) is 0 Å². The van der Waals surface area contributed by atoms with Crippen LogP contribution in [0.3, 0.4) is 0 Å². The van der Waals surface area contributed by atoms with Crippen molar-refractivity contribution in [3.63, 3.8) is 0 Å². The molecule has 4 nitrogen and oxygen atoms in total. The van der Waals surface area contributed by atoms with Crippen LogP contribution >= 0.6 is 0 Å². The molecule has 1 atom stereocenters. The molecule has 4 heteroatoms. The Balaban J connectivity index is 1.96. The minimum atomic E-state index is -0.332. The summed E-state index contributed by atoms with van der Waals surface area (Å²) in [4.78, 5) is 14.3. The van der Waals surface area contributed by atoms with E-state index in [1.807, 2.05) is 18.7 Å². The van der Waals surface area contributed by atoms with Crippen molar-refractivity contribution in [3.05, 3.63) is 35.4 Å². The minimum Gasteiger partial charge on any atom is -0.377 e. The van der Waals surface area contributed by atoms with E-state index in [0.29, 0.717) is 12.5 Å². The number of amides is 2. The third kappa shape index (κ3) is 4.23. The number of piperidine rings is 1. The van der Waals surface area contributed by atoms with Gasteiger partial charge in [-0.15, -0.1) is 0 Å². The van der Waals surface area contributed by atoms with Gasteiger partial charge >= 0.3 is 6.03 Å². The maximum absolute atomic E-state index is 12.4. The molecule has 122 valence electrons. The van der Waals surface area contributed by atoms with Gasteiger partial charge in [0.15, 0.2) is 0 Å². The molecule has 0 aliphatic carbocycles. The van der Waals surface area contributed by atoms with E-state index in [-0.39, 0.29) is 11.6 Å². The number of hydrogen-bond donors (Lipinski definition) is 1. The molecule has 1 aliphatic heterocycles. The average Bonchev–Trinajstić information content (AvgIpc) is 2.53. The van der Waals surface area contributed by atoms with Crippen molar-refractivity contribution in [3.8, 4) is 0 Å². The number of ether oxygens (including phenoxy) is 1. The van der Waals surface area contributed by atoms with Crippen molar-refractivity contribution in [2.75, 3.05) is 26.7 Å². The van der Waals surface area contributed by atoms with Crippen molar-refractivity contribution in [2.45, 2.75) is 45.1 Å². The van der Waals surface area contributed by atoms with Gasteiger partial charge in [0.25, 0.3) is 0 Å². The second-order valence-electron chi connectivity index (χ2n) is 6.76. The molecule has 0 radical (unpaired) electrons. The summed E-state index contributed by atoms with van der Waals surface area (Å²) in [6, 6.07) is 8.51. The fraction of sp³-hybridized carbons (Fsp3) is 0.611. The van der Waals surface area contributed by atoms with E-state index < -0.39 is 0 Å². The van der Waals surface area contributed by atoms with Crippen molar-refractivity contribution in [1.82, 2.24) is 10.2 Å². The van der Waals surface area contributed by atoms with Crippen LogP contribution in [0.4, 0.5) is 4.79 Å². The molecule has 0 saturated carbocycles. The molecule has 2 amide bonds. The van der Waals surface area contributed by atoms with Crippen LogP contribution in [0.5, 0.6) is 0 Å². The van der Waals surface area contributed by atoms with Crippen LogP contribution < -0.4 is 5.32 Å². The van der Waals surface area contributed by atoms with Gasteiger partial charge in [-0.1, -0.05) is 24.3 Å². The van der Waals surface area contributed by atoms with E-state index in [0.717, 1.165) is 25.9 Å². The van der Waals surface area contributed by atoms with E-state index in [4.69, 9.17) is 4.74 Å². The molecular weight excluding hydrogens is 276 g/mol. The summed E-state index contributed by atoms with van der Waals surface area (Å²) in [5, 5.41) is 2.99. The first kappa shape index (κ1) is 16.8. The van der Waals surface area contributed by atoms with Crippen LogP contribution in [0.2, 0.25) is 0 Å². The number of methoxy groups -OCH3 is 1. The zero-order chi connectivity index (χ0) is 16.2. The Labute approximate surface area is 133 Å². The van der Waals surface area contributed by atoms with Crippen LogP contribution in [-0.2, 0) is 4.74 Å². The van der Waals surface area contributed by atoms with E-state index in [9.17, 15) is 4.79 Å². The van der Waals surface area contributed by atoms with Gasteiger partial charge in [0.1, 0.15) is 0 Å². The Kier molecular flexibility index (Phi) is 5.46. The van der Waals surface area contributed by atoms with E-state index in [2.05, 4.69) is 36.5 Å². The van der Waals surface area contributed by atoms with Crippen molar-refractivity contribution in [1.29, 1.82) is 0 Å². The minimum absolute atomic E-state index is 0.0170. The Morgan fingerprint density at radius 3 is 2.82 bits per heavy atom. The molecule has 1 saturated heterocycles. The number of carbonyl (C=O) groups excluding carboxylic acids is 1. The number of nitrogens with zero attached hydrogens (tertiary/aromatic N) is 1. The number of benzene rings is 1. The summed E-state index contributed by atoms with van der Waals surface area (Å²) in [5.41, 5.74) is 2.36. The molecule has 1 fully saturated rings. The number of likely N-dealkylation sites (tertiary alicyclic amines) is 1. The summed E-state index contributed by atoms with van der Waals surface area (Å²) >= 11 is 0. The van der Waals surface area contributed by atoms with Crippen molar-refractivity contribution in [2.24, 2.45) is 0 Å². The Morgan fingerprint density at radius 2 is 2.14 bits per heavy atom. The van der Waals surface area contributed by atoms with E-state index in [1.54, 1.807) is 7.11 Å². The molecule has 1 aromatic carbocycles. The maximum Gasteiger partial charge on any atom is 0.317 e. The fourth-order valence-electron chi connectivity index (χ4n) is 2.93. The summed E-state index contributed by atoms with van der Waals surface area (Å²) < 4.78 is 5.35. The lowest BCUT2D eigenvalue weighted by Gasteiger charge is -2.34. The van der Waals surface area contributed by atoms with Crippen molar-refractivity contribution < 1.29 is 9.53 Å². The van der Waals surface area contributed by atoms with Gasteiger partial charge < -0.3 is 15.0 Å². The highest BCUT2D eigenvalue weighted by Crippen LogP contribution is 2.28. The summed E-state index contributed by atoms with van der Waals surface area (Å²) in [6.07, 6.45) is 2.21. The molecule has 1 aromatic rings. The third-order valence-corrected chi connectivity index (χ3v) is 4.55. The number of carbonyl (C=O) groups is 1. The zero-order valence-corrected chi connectivity index (χ0v) is 14.2. The molecular formula is C18H28N2O2. The van der Waals surface area contributed by atoms with Gasteiger partial charge in [-0.05, 0) is 44.7 Å². The van der Waals surface area contributed by atoms with Gasteiger partial charge in [0.2, 0.25) is 0 Å². The molecule has 0 aromatic heterocycles. The van der Waals surface area contributed by atoms with E-state index in [1.165, 1.54) is 11.1 Å². The molecule has 0 bridgehead atoms. The van der Waals surface area contributed by atoms with Gasteiger partial charge in [-0.2, -0.15) is 0 Å². The summed E-state index contributed by atoms with van der Waals surface area (Å²) in [7, 11) is 1.67. The van der Waals surface area contributed by atoms with Crippen LogP contribution in [0, 0.1) is 6.92 Å². The zero-order valence-electron chi connectivity index (χ0n) is 14.2. The molecule has 1 N–H and O–H groups in total. The molecule has 1 heterocycles. The maximum atomic E-state index is 12.4. The fourth-order valence-corrected chi connectivity index (χ4v) is 2.93. The lowest BCUT2D eigenvalue weighted by Crippen LogP contribution is -2.49. The SMILES string of the molecule is COC(C)(C)CNC(=O)N1CCC[C@@H](c2ccccc2C)C1. The Bertz CT molecular complexity index is 514. The lowest BCUT2D eigenvalue weighted by atomic mass is 9.88. The molecule has 22 heavy (non-hydrogen) atoms. The topological polar surface area (TPSA) is 41.6 Å². The van der Waals surface area contributed by atoms with Gasteiger partial charge in [0.05, 0.1) is 5.60 Å². The Hall–Kier alpha value is -1.55. The standard InChI is InChI=1S/C18H28N2O2/c1-14-8-5-6-10-16(14)15-9-7-11-20(12-15)17(21)19-13-18(2,3)22-4/h5-6,8,10,15H,7,9,11-13H2,1-4H3,(H,19,21)/t15-/m1/s1. The van der Waals surface area contributed by atoms with Gasteiger partial charge in [0, 0.05) is 32.7 Å². The summed E-state index contributed by atoms with van der Waals surface area (Å²) in [5.74, 6) is 0.441. The number of aryl methyl sites for hydroxylation is 1. The highest BCUT2D eigenvalue weighted by Gasteiger charge is 2.26. The smallest absolute Gasteiger partial charge is 0.317 e. The van der Waals surface area contributed by atoms with Crippen LogP contribution in [0.25, 0.3) is 0 Å². The normalized spacial score (nSPS) is 19.1. The highest BCUT2D eigenvalue weighted by molar-refractivity contribution is 5.74. The first-order valence-electron chi connectivity index (χ1n) is 8.06. The number of nitrogens with one attached hydrogen (secondary N) is 1. The van der Waals surface area contributed by atoms with Crippen molar-refractivity contribution >= 4 is 6.03 Å². The second-order valence-corrected chi connectivity index (χ2v) is 6.76. The number of rotatable bonds is 4. The lowest BCUT2D eigenvalue weighted by molar-refractivity contribution is 0.0240. The molecule has 0 spiro atoms. The largest absolute Gasteiger partial charge is 0.377 e. The highest BCUT2D eigenvalue weighted by atomic mass is 16.5. The average molecular weight is 304 g/mol. The van der Waals surface area contributed by atoms with Crippen LogP contribution in [0.1, 0.15) is 43.7 Å². The van der Waals surface area contributed by atoms with Gasteiger partial charge in [-0.25, -0.2) is 4.79 Å². The molecule has 1 aliphatic rings. The van der Waals surface area contributed by atoms with E-state index >= 15 is 0 Å². The van der Waals surface area contributed by atoms with Crippen LogP contribution in [0.15, 0.2) is 24.3 Å². The number of hydrogen-bond acceptors (Lipinski definition) is 2. The Morgan fingerprint density at radius 1 is 1.41 bits per heavy atom. The van der Waals surface area contributed by atoms with Crippen LogP contribution in [-0.4, -0.2) is 43.3 Å². The first-order chi connectivity index (χ1) is 10.4. The quantitative estimate of drug-likeness (QED) is 0.927. The molecule has 2 rings (SSSR count). The second kappa shape index (κ2) is 7.14. The predicted molar refractivity (Wildman–Crippen MR) is 89.2 cm³/mol. The monoisotopic (exact) mass is 304 g/mol. The first-order valence-corrected chi connectivity index (χ1v) is 8.06. The predicted octanol–water partition coefficient (Wildman–Crippen LogP) is 3.31. The summed E-state index contributed by atoms with van der Waals surface area (Å²) in [6.45, 7) is 8.24. The molecule has 0 unspecified atom stereocenters. The third-order valence-electron chi connectivity index (χ3n) is 4.55. The number of urea groups is 1.